The van der Waals surface area contributed by atoms with Crippen LogP contribution in [0.25, 0.3) is 0 Å². The first kappa shape index (κ1) is 14.8. The van der Waals surface area contributed by atoms with Gasteiger partial charge in [0.15, 0.2) is 0 Å². The van der Waals surface area contributed by atoms with Crippen molar-refractivity contribution in [3.63, 3.8) is 0 Å². The summed E-state index contributed by atoms with van der Waals surface area (Å²) >= 11 is 0. The van der Waals surface area contributed by atoms with E-state index in [-0.39, 0.29) is 11.8 Å². The number of aliphatic carboxylic acids is 2. The van der Waals surface area contributed by atoms with Gasteiger partial charge < -0.3 is 10.2 Å². The molecule has 1 unspecified atom stereocenters. The molecule has 0 aromatic rings. The zero-order valence-electron chi connectivity index (χ0n) is 8.91. The maximum Gasteiger partial charge on any atom is 0.317 e. The van der Waals surface area contributed by atoms with Gasteiger partial charge in [-0.3, -0.25) is 24.9 Å². The summed E-state index contributed by atoms with van der Waals surface area (Å²) in [5, 5.41) is 34.7. The number of hydroxylamine groups is 2. The topological polar surface area (TPSA) is 122 Å². The molecule has 8 heteroatoms. The summed E-state index contributed by atoms with van der Waals surface area (Å²) in [6.45, 7) is 0.694. The highest BCUT2D eigenvalue weighted by Crippen LogP contribution is 2.02. The van der Waals surface area contributed by atoms with Gasteiger partial charge in [-0.05, 0) is 6.42 Å². The van der Waals surface area contributed by atoms with Crippen LogP contribution in [0.4, 0.5) is 0 Å². The second-order valence-electron chi connectivity index (χ2n) is 3.34. The average Bonchev–Trinajstić information content (AvgIpc) is 2.11. The second kappa shape index (κ2) is 7.12. The third-order valence-corrected chi connectivity index (χ3v) is 1.98. The maximum absolute atomic E-state index is 10.5. The first-order valence-corrected chi connectivity index (χ1v) is 4.69. The standard InChI is InChI=1S/C8H16N2O6/c1-2-6(10(15)16)3-9(4-7(11)12)5-8(13)14/h6,15-16H,2-5H2,1H3,(H,11,12)(H,13,14). The van der Waals surface area contributed by atoms with Gasteiger partial charge in [-0.2, -0.15) is 0 Å². The minimum atomic E-state index is -1.17. The van der Waals surface area contributed by atoms with Crippen LogP contribution in [0, 0.1) is 0 Å². The lowest BCUT2D eigenvalue weighted by Gasteiger charge is -2.25. The molecule has 94 valence electrons. The molecule has 16 heavy (non-hydrogen) atoms. The van der Waals surface area contributed by atoms with E-state index >= 15 is 0 Å². The molecule has 0 saturated heterocycles. The minimum Gasteiger partial charge on any atom is -0.480 e. The molecule has 0 aromatic heterocycles. The molecular formula is C8H16N2O6. The first-order valence-electron chi connectivity index (χ1n) is 4.69. The Labute approximate surface area is 92.2 Å². The van der Waals surface area contributed by atoms with Gasteiger partial charge in [0.25, 0.3) is 0 Å². The van der Waals surface area contributed by atoms with E-state index < -0.39 is 31.1 Å². The number of carbonyl (C=O) groups is 2. The molecule has 8 nitrogen and oxygen atoms in total. The zero-order valence-corrected chi connectivity index (χ0v) is 8.91. The Morgan fingerprint density at radius 3 is 1.81 bits per heavy atom. The van der Waals surface area contributed by atoms with Crippen LogP contribution in [0.2, 0.25) is 0 Å². The molecular weight excluding hydrogens is 220 g/mol. The Morgan fingerprint density at radius 2 is 1.56 bits per heavy atom. The van der Waals surface area contributed by atoms with Crippen LogP contribution in [0.1, 0.15) is 13.3 Å². The SMILES string of the molecule is CCC(CN(CC(=O)O)CC(=O)O)N(O)O. The fraction of sp³-hybridized carbons (Fsp3) is 0.750. The predicted molar refractivity (Wildman–Crippen MR) is 51.2 cm³/mol. The Hall–Kier alpha value is -1.22. The van der Waals surface area contributed by atoms with Crippen molar-refractivity contribution in [3.05, 3.63) is 0 Å². The van der Waals surface area contributed by atoms with Gasteiger partial charge in [0, 0.05) is 6.54 Å². The lowest BCUT2D eigenvalue weighted by atomic mass is 10.2. The lowest BCUT2D eigenvalue weighted by Crippen LogP contribution is -2.44. The molecule has 0 fully saturated rings. The summed E-state index contributed by atoms with van der Waals surface area (Å²) in [6.07, 6.45) is 0.350. The van der Waals surface area contributed by atoms with Crippen molar-refractivity contribution in [2.45, 2.75) is 19.4 Å². The van der Waals surface area contributed by atoms with Crippen molar-refractivity contribution in [1.82, 2.24) is 10.1 Å². The van der Waals surface area contributed by atoms with Crippen molar-refractivity contribution >= 4 is 11.9 Å². The molecule has 0 aliphatic heterocycles. The van der Waals surface area contributed by atoms with Crippen LogP contribution >= 0.6 is 0 Å². The lowest BCUT2D eigenvalue weighted by molar-refractivity contribution is -0.333. The fourth-order valence-corrected chi connectivity index (χ4v) is 1.23. The number of hydrogen-bond acceptors (Lipinski definition) is 6. The van der Waals surface area contributed by atoms with Crippen molar-refractivity contribution in [2.24, 2.45) is 0 Å². The van der Waals surface area contributed by atoms with E-state index in [0.29, 0.717) is 6.42 Å². The third kappa shape index (κ3) is 6.30. The molecule has 4 N–H and O–H groups in total. The molecule has 0 heterocycles. The first-order chi connectivity index (χ1) is 7.36. The van der Waals surface area contributed by atoms with Crippen LogP contribution < -0.4 is 0 Å². The third-order valence-electron chi connectivity index (χ3n) is 1.98. The van der Waals surface area contributed by atoms with E-state index in [1.54, 1.807) is 6.92 Å². The van der Waals surface area contributed by atoms with Crippen LogP contribution in [0.3, 0.4) is 0 Å². The smallest absolute Gasteiger partial charge is 0.317 e. The van der Waals surface area contributed by atoms with E-state index in [0.717, 1.165) is 4.90 Å². The van der Waals surface area contributed by atoms with Crippen molar-refractivity contribution < 1.29 is 30.2 Å². The number of carboxylic acids is 2. The molecule has 0 radical (unpaired) electrons. The van der Waals surface area contributed by atoms with E-state index in [1.807, 2.05) is 0 Å². The van der Waals surface area contributed by atoms with E-state index in [1.165, 1.54) is 0 Å². The number of nitrogens with zero attached hydrogens (tertiary/aromatic N) is 2. The van der Waals surface area contributed by atoms with Crippen molar-refractivity contribution in [1.29, 1.82) is 0 Å². The van der Waals surface area contributed by atoms with Crippen molar-refractivity contribution in [3.8, 4) is 0 Å². The monoisotopic (exact) mass is 236 g/mol. The van der Waals surface area contributed by atoms with E-state index in [4.69, 9.17) is 20.6 Å². The highest BCUT2D eigenvalue weighted by Gasteiger charge is 2.20. The van der Waals surface area contributed by atoms with Gasteiger partial charge in [-0.1, -0.05) is 12.2 Å². The molecule has 1 atom stereocenters. The molecule has 0 aromatic carbocycles. The highest BCUT2D eigenvalue weighted by molar-refractivity contribution is 5.72. The van der Waals surface area contributed by atoms with Gasteiger partial charge in [0.2, 0.25) is 0 Å². The fourth-order valence-electron chi connectivity index (χ4n) is 1.23. The Kier molecular flexibility index (Phi) is 6.58. The summed E-state index contributed by atoms with van der Waals surface area (Å²) in [6, 6.07) is -0.723. The Bertz CT molecular complexity index is 229. The molecule has 0 spiro atoms. The molecule has 0 rings (SSSR count). The quantitative estimate of drug-likeness (QED) is 0.409. The van der Waals surface area contributed by atoms with Gasteiger partial charge in [0.05, 0.1) is 19.1 Å². The molecule has 0 bridgehead atoms. The van der Waals surface area contributed by atoms with Gasteiger partial charge in [-0.25, -0.2) is 0 Å². The molecule has 0 aliphatic carbocycles. The van der Waals surface area contributed by atoms with Crippen LogP contribution in [-0.4, -0.2) is 68.4 Å². The number of hydrogen-bond donors (Lipinski definition) is 4. The van der Waals surface area contributed by atoms with E-state index in [2.05, 4.69) is 0 Å². The Morgan fingerprint density at radius 1 is 1.12 bits per heavy atom. The summed E-state index contributed by atoms with van der Waals surface area (Å²) in [5.74, 6) is -2.34. The largest absolute Gasteiger partial charge is 0.480 e. The second-order valence-corrected chi connectivity index (χ2v) is 3.34. The maximum atomic E-state index is 10.5. The summed E-state index contributed by atoms with van der Waals surface area (Å²) in [7, 11) is 0. The van der Waals surface area contributed by atoms with Crippen LogP contribution in [-0.2, 0) is 9.59 Å². The Balaban J connectivity index is 4.38. The van der Waals surface area contributed by atoms with Crippen LogP contribution in [0.5, 0.6) is 0 Å². The minimum absolute atomic E-state index is 0.0311. The average molecular weight is 236 g/mol. The zero-order chi connectivity index (χ0) is 12.7. The highest BCUT2D eigenvalue weighted by atomic mass is 16.8. The number of carboxylic acid groups (broad SMARTS) is 2. The summed E-state index contributed by atoms with van der Waals surface area (Å²) in [4.78, 5) is 22.0. The van der Waals surface area contributed by atoms with Crippen LogP contribution in [0.15, 0.2) is 0 Å². The van der Waals surface area contributed by atoms with Crippen molar-refractivity contribution in [2.75, 3.05) is 19.6 Å². The van der Waals surface area contributed by atoms with E-state index in [9.17, 15) is 9.59 Å². The summed E-state index contributed by atoms with van der Waals surface area (Å²) in [5.41, 5.74) is 0. The van der Waals surface area contributed by atoms with Gasteiger partial charge >= 0.3 is 11.9 Å². The molecule has 0 saturated carbocycles. The number of rotatable bonds is 8. The van der Waals surface area contributed by atoms with Gasteiger partial charge in [0.1, 0.15) is 0 Å². The summed E-state index contributed by atoms with van der Waals surface area (Å²) < 4.78 is 0. The molecule has 0 amide bonds. The molecule has 0 aliphatic rings. The predicted octanol–water partition coefficient (Wildman–Crippen LogP) is -0.683. The normalized spacial score (nSPS) is 13.1. The van der Waals surface area contributed by atoms with Gasteiger partial charge in [-0.15, -0.1) is 0 Å².